The molecule has 3 aromatic rings. The highest BCUT2D eigenvalue weighted by Crippen LogP contribution is 2.35. The van der Waals surface area contributed by atoms with E-state index in [-0.39, 0.29) is 6.04 Å². The van der Waals surface area contributed by atoms with Crippen molar-refractivity contribution in [3.05, 3.63) is 53.2 Å². The number of piperazine rings is 1. The highest BCUT2D eigenvalue weighted by Gasteiger charge is 2.30. The van der Waals surface area contributed by atoms with Gasteiger partial charge < -0.3 is 24.8 Å². The van der Waals surface area contributed by atoms with Crippen molar-refractivity contribution in [1.29, 1.82) is 10.5 Å². The zero-order valence-corrected chi connectivity index (χ0v) is 22.4. The molecule has 9 nitrogen and oxygen atoms in total. The molecule has 0 bridgehead atoms. The number of aromatic nitrogens is 2. The third-order valence-electron chi connectivity index (χ3n) is 8.34. The summed E-state index contributed by atoms with van der Waals surface area (Å²) in [6, 6.07) is 17.7. The number of nitrogens with zero attached hydrogens (tertiary/aromatic N) is 7. The van der Waals surface area contributed by atoms with E-state index in [4.69, 9.17) is 14.7 Å². The molecule has 2 aromatic carbocycles. The molecule has 1 aromatic heterocycles. The first-order valence-electron chi connectivity index (χ1n) is 13.9. The van der Waals surface area contributed by atoms with E-state index in [0.717, 1.165) is 79.1 Å². The van der Waals surface area contributed by atoms with Gasteiger partial charge in [0, 0.05) is 54.9 Å². The zero-order valence-electron chi connectivity index (χ0n) is 22.4. The topological polar surface area (TPSA) is 104 Å². The molecule has 0 spiro atoms. The number of ether oxygens (including phenoxy) is 1. The molecule has 0 unspecified atom stereocenters. The van der Waals surface area contributed by atoms with E-state index in [1.807, 2.05) is 12.1 Å². The van der Waals surface area contributed by atoms with Crippen LogP contribution in [0.4, 0.5) is 11.5 Å². The molecule has 0 amide bonds. The zero-order chi connectivity index (χ0) is 26.8. The predicted octanol–water partition coefficient (Wildman–Crippen LogP) is 3.23. The van der Waals surface area contributed by atoms with Gasteiger partial charge in [-0.3, -0.25) is 0 Å². The summed E-state index contributed by atoms with van der Waals surface area (Å²) in [5.41, 5.74) is 3.88. The Balaban J connectivity index is 1.35. The van der Waals surface area contributed by atoms with Crippen molar-refractivity contribution >= 4 is 22.3 Å². The molecule has 4 heterocycles. The van der Waals surface area contributed by atoms with Crippen LogP contribution in [0.1, 0.15) is 36.1 Å². The van der Waals surface area contributed by atoms with E-state index >= 15 is 0 Å². The Bertz CT molecular complexity index is 1440. The summed E-state index contributed by atoms with van der Waals surface area (Å²) >= 11 is 0. The van der Waals surface area contributed by atoms with Crippen molar-refractivity contribution in [2.45, 2.75) is 44.3 Å². The number of likely N-dealkylation sites (tertiary alicyclic amines) is 1. The van der Waals surface area contributed by atoms with Crippen LogP contribution in [0.25, 0.3) is 10.8 Å². The molecule has 1 N–H and O–H groups in total. The maximum atomic E-state index is 9.82. The second-order valence-corrected chi connectivity index (χ2v) is 10.8. The Kier molecular flexibility index (Phi) is 7.19. The summed E-state index contributed by atoms with van der Waals surface area (Å²) in [4.78, 5) is 16.9. The van der Waals surface area contributed by atoms with Crippen LogP contribution < -0.4 is 19.9 Å². The summed E-state index contributed by atoms with van der Waals surface area (Å²) in [6.45, 7) is 5.48. The lowest BCUT2D eigenvalue weighted by Gasteiger charge is -2.37. The van der Waals surface area contributed by atoms with E-state index in [0.29, 0.717) is 37.2 Å². The summed E-state index contributed by atoms with van der Waals surface area (Å²) in [5, 5.41) is 24.6. The molecule has 6 rings (SSSR count). The van der Waals surface area contributed by atoms with Crippen molar-refractivity contribution < 1.29 is 4.74 Å². The Morgan fingerprint density at radius 3 is 2.74 bits per heavy atom. The van der Waals surface area contributed by atoms with Crippen molar-refractivity contribution in [3.63, 3.8) is 0 Å². The van der Waals surface area contributed by atoms with Gasteiger partial charge in [-0.15, -0.1) is 0 Å². The quantitative estimate of drug-likeness (QED) is 0.522. The van der Waals surface area contributed by atoms with Gasteiger partial charge in [-0.05, 0) is 50.4 Å². The van der Waals surface area contributed by atoms with Crippen LogP contribution in [0.15, 0.2) is 36.4 Å². The first-order chi connectivity index (χ1) is 19.1. The Morgan fingerprint density at radius 1 is 1.08 bits per heavy atom. The van der Waals surface area contributed by atoms with Crippen molar-refractivity contribution in [3.8, 4) is 18.1 Å². The van der Waals surface area contributed by atoms with Crippen LogP contribution in [0.3, 0.4) is 0 Å². The third-order valence-corrected chi connectivity index (χ3v) is 8.34. The molecule has 0 aliphatic carbocycles. The molecule has 2 atom stereocenters. The minimum atomic E-state index is 0.117. The molecule has 3 aliphatic heterocycles. The van der Waals surface area contributed by atoms with Crippen molar-refractivity contribution in [2.75, 3.05) is 56.2 Å². The van der Waals surface area contributed by atoms with Gasteiger partial charge in [-0.25, -0.2) is 0 Å². The number of likely N-dealkylation sites (N-methyl/N-ethyl adjacent to an activating group) is 1. The first kappa shape index (κ1) is 25.4. The van der Waals surface area contributed by atoms with Crippen LogP contribution in [0.5, 0.6) is 6.01 Å². The minimum Gasteiger partial charge on any atom is -0.462 e. The van der Waals surface area contributed by atoms with Crippen LogP contribution in [-0.4, -0.2) is 73.3 Å². The number of rotatable bonds is 6. The molecular weight excluding hydrogens is 488 g/mol. The fraction of sp³-hybridized carbons (Fsp3) is 0.467. The van der Waals surface area contributed by atoms with Crippen LogP contribution in [-0.2, 0) is 13.0 Å². The molecule has 9 heteroatoms. The van der Waals surface area contributed by atoms with Gasteiger partial charge >= 0.3 is 6.01 Å². The smallest absolute Gasteiger partial charge is 0.318 e. The maximum Gasteiger partial charge on any atom is 0.318 e. The summed E-state index contributed by atoms with van der Waals surface area (Å²) < 4.78 is 6.26. The third kappa shape index (κ3) is 5.08. The highest BCUT2D eigenvalue weighted by atomic mass is 16.5. The fourth-order valence-corrected chi connectivity index (χ4v) is 6.22. The lowest BCUT2D eigenvalue weighted by molar-refractivity contribution is 0.187. The fourth-order valence-electron chi connectivity index (χ4n) is 6.22. The lowest BCUT2D eigenvalue weighted by atomic mass is 9.99. The van der Waals surface area contributed by atoms with Crippen molar-refractivity contribution in [1.82, 2.24) is 20.2 Å². The standard InChI is InChI=1S/C30H34N8O/c1-36-14-4-8-24(36)20-39-30-34-26-19-37(27-9-3-6-21-5-2-7-22(17-32)28(21)27)15-11-25(26)29(35-30)38-16-13-33-23(18-38)10-12-31/h2-3,5-7,9,23-24,33H,4,8,10-11,13-16,18-20H2,1H3/t23-,24-/m0/s1. The van der Waals surface area contributed by atoms with Gasteiger partial charge in [0.05, 0.1) is 36.4 Å². The summed E-state index contributed by atoms with van der Waals surface area (Å²) in [5.74, 6) is 0.939. The normalized spacial score (nSPS) is 21.4. The van der Waals surface area contributed by atoms with E-state index in [9.17, 15) is 10.5 Å². The predicted molar refractivity (Wildman–Crippen MR) is 151 cm³/mol. The van der Waals surface area contributed by atoms with Gasteiger partial charge in [0.25, 0.3) is 0 Å². The molecule has 2 fully saturated rings. The van der Waals surface area contributed by atoms with Gasteiger partial charge in [0.15, 0.2) is 0 Å². The van der Waals surface area contributed by atoms with Crippen LogP contribution in [0, 0.1) is 22.7 Å². The molecule has 2 saturated heterocycles. The number of hydrogen-bond donors (Lipinski definition) is 1. The largest absolute Gasteiger partial charge is 0.462 e. The Morgan fingerprint density at radius 2 is 1.95 bits per heavy atom. The van der Waals surface area contributed by atoms with E-state index in [1.165, 1.54) is 6.42 Å². The van der Waals surface area contributed by atoms with Gasteiger partial charge in [0.1, 0.15) is 12.4 Å². The van der Waals surface area contributed by atoms with E-state index < -0.39 is 0 Å². The number of anilines is 2. The van der Waals surface area contributed by atoms with Gasteiger partial charge in [0.2, 0.25) is 0 Å². The number of nitrogens with one attached hydrogen (secondary N) is 1. The van der Waals surface area contributed by atoms with Crippen LogP contribution in [0.2, 0.25) is 0 Å². The summed E-state index contributed by atoms with van der Waals surface area (Å²) in [7, 11) is 2.15. The highest BCUT2D eigenvalue weighted by molar-refractivity contribution is 5.98. The first-order valence-corrected chi connectivity index (χ1v) is 13.9. The SMILES string of the molecule is CN1CCC[C@H]1COc1nc2c(c(N3CCN[C@@H](CC#N)C3)n1)CCN(c1cccc3cccc(C#N)c13)C2. The molecule has 3 aliphatic rings. The molecule has 200 valence electrons. The van der Waals surface area contributed by atoms with E-state index in [1.54, 1.807) is 0 Å². The number of fused-ring (bicyclic) bond motifs is 2. The molecular formula is C30H34N8O. The number of hydrogen-bond acceptors (Lipinski definition) is 9. The number of nitriles is 2. The molecule has 0 radical (unpaired) electrons. The summed E-state index contributed by atoms with van der Waals surface area (Å²) in [6.07, 6.45) is 3.58. The Hall–Kier alpha value is -3.92. The monoisotopic (exact) mass is 522 g/mol. The lowest BCUT2D eigenvalue weighted by Crippen LogP contribution is -2.51. The van der Waals surface area contributed by atoms with E-state index in [2.05, 4.69) is 63.5 Å². The average molecular weight is 523 g/mol. The van der Waals surface area contributed by atoms with Gasteiger partial charge in [-0.2, -0.15) is 20.5 Å². The van der Waals surface area contributed by atoms with Crippen molar-refractivity contribution in [2.24, 2.45) is 0 Å². The minimum absolute atomic E-state index is 0.117. The molecule has 39 heavy (non-hydrogen) atoms. The van der Waals surface area contributed by atoms with Gasteiger partial charge in [-0.1, -0.05) is 24.3 Å². The average Bonchev–Trinajstić information content (AvgIpc) is 3.39. The molecule has 0 saturated carbocycles. The second kappa shape index (κ2) is 11.1. The Labute approximate surface area is 229 Å². The second-order valence-electron chi connectivity index (χ2n) is 10.8. The number of benzene rings is 2. The van der Waals surface area contributed by atoms with Crippen LogP contribution >= 0.6 is 0 Å². The maximum absolute atomic E-state index is 9.82.